The molecule has 1 aromatic rings. The molecule has 5 nitrogen and oxygen atoms in total. The summed E-state index contributed by atoms with van der Waals surface area (Å²) in [5.74, 6) is 0. The van der Waals surface area contributed by atoms with Crippen LogP contribution in [0.2, 0.25) is 0 Å². The molecule has 0 amide bonds. The van der Waals surface area contributed by atoms with Crippen molar-refractivity contribution in [2.45, 2.75) is 25.8 Å². The van der Waals surface area contributed by atoms with E-state index in [-0.39, 0.29) is 17.2 Å². The Labute approximate surface area is 99.8 Å². The lowest BCUT2D eigenvalue weighted by Crippen LogP contribution is -2.29. The largest absolute Gasteiger partial charge is 0.395 e. The summed E-state index contributed by atoms with van der Waals surface area (Å²) in [6, 6.07) is 5.54. The lowest BCUT2D eigenvalue weighted by atomic mass is 10.1. The van der Waals surface area contributed by atoms with Gasteiger partial charge in [0.25, 0.3) is 5.69 Å². The van der Waals surface area contributed by atoms with E-state index in [1.165, 1.54) is 6.07 Å². The first-order valence-electron chi connectivity index (χ1n) is 5.76. The van der Waals surface area contributed by atoms with Crippen molar-refractivity contribution in [2.75, 3.05) is 18.1 Å². The van der Waals surface area contributed by atoms with Gasteiger partial charge in [-0.3, -0.25) is 10.1 Å². The van der Waals surface area contributed by atoms with Gasteiger partial charge in [-0.05, 0) is 25.8 Å². The molecule has 0 atom stereocenters. The SMILES string of the molecule is Cc1c(N(CCO)C2CC2)cccc1[N+](=O)[O-]. The Morgan fingerprint density at radius 3 is 2.76 bits per heavy atom. The van der Waals surface area contributed by atoms with Gasteiger partial charge in [0.05, 0.1) is 17.1 Å². The zero-order valence-electron chi connectivity index (χ0n) is 9.80. The number of nitro groups is 1. The number of aliphatic hydroxyl groups excluding tert-OH is 1. The minimum atomic E-state index is -0.358. The van der Waals surface area contributed by atoms with Crippen molar-refractivity contribution in [3.8, 4) is 0 Å². The second-order valence-electron chi connectivity index (χ2n) is 4.33. The fraction of sp³-hybridized carbons (Fsp3) is 0.500. The van der Waals surface area contributed by atoms with Crippen molar-refractivity contribution in [1.29, 1.82) is 0 Å². The van der Waals surface area contributed by atoms with Crippen LogP contribution in [-0.2, 0) is 0 Å². The van der Waals surface area contributed by atoms with Crippen molar-refractivity contribution in [1.82, 2.24) is 0 Å². The van der Waals surface area contributed by atoms with Crippen molar-refractivity contribution in [3.63, 3.8) is 0 Å². The number of hydrogen-bond donors (Lipinski definition) is 1. The molecule has 0 spiro atoms. The van der Waals surface area contributed by atoms with Crippen molar-refractivity contribution in [3.05, 3.63) is 33.9 Å². The van der Waals surface area contributed by atoms with Crippen LogP contribution in [0, 0.1) is 17.0 Å². The van der Waals surface area contributed by atoms with Gasteiger partial charge in [0, 0.05) is 24.3 Å². The molecule has 0 aliphatic heterocycles. The molecule has 1 fully saturated rings. The quantitative estimate of drug-likeness (QED) is 0.626. The maximum atomic E-state index is 10.9. The number of aliphatic hydroxyl groups is 1. The average molecular weight is 236 g/mol. The summed E-state index contributed by atoms with van der Waals surface area (Å²) in [4.78, 5) is 12.6. The summed E-state index contributed by atoms with van der Waals surface area (Å²) in [7, 11) is 0. The van der Waals surface area contributed by atoms with Crippen molar-refractivity contribution < 1.29 is 10.0 Å². The van der Waals surface area contributed by atoms with Crippen LogP contribution in [0.3, 0.4) is 0 Å². The third-order valence-electron chi connectivity index (χ3n) is 3.11. The van der Waals surface area contributed by atoms with Gasteiger partial charge >= 0.3 is 0 Å². The van der Waals surface area contributed by atoms with E-state index in [1.54, 1.807) is 13.0 Å². The summed E-state index contributed by atoms with van der Waals surface area (Å²) in [6.45, 7) is 2.37. The summed E-state index contributed by atoms with van der Waals surface area (Å²) in [5.41, 5.74) is 1.69. The number of nitro benzene ring substituents is 1. The summed E-state index contributed by atoms with van der Waals surface area (Å²) >= 11 is 0. The number of nitrogens with zero attached hydrogens (tertiary/aromatic N) is 2. The van der Waals surface area contributed by atoms with Gasteiger partial charge in [-0.15, -0.1) is 0 Å². The smallest absolute Gasteiger partial charge is 0.274 e. The highest BCUT2D eigenvalue weighted by Crippen LogP contribution is 2.35. The van der Waals surface area contributed by atoms with Crippen LogP contribution >= 0.6 is 0 Å². The molecule has 17 heavy (non-hydrogen) atoms. The second-order valence-corrected chi connectivity index (χ2v) is 4.33. The van der Waals surface area contributed by atoms with E-state index in [0.29, 0.717) is 18.2 Å². The molecule has 0 aromatic heterocycles. The monoisotopic (exact) mass is 236 g/mol. The zero-order valence-corrected chi connectivity index (χ0v) is 9.80. The molecule has 0 unspecified atom stereocenters. The molecule has 1 aromatic carbocycles. The predicted molar refractivity (Wildman–Crippen MR) is 65.3 cm³/mol. The molecule has 1 saturated carbocycles. The van der Waals surface area contributed by atoms with Crippen LogP contribution in [0.4, 0.5) is 11.4 Å². The minimum Gasteiger partial charge on any atom is -0.395 e. The van der Waals surface area contributed by atoms with E-state index in [4.69, 9.17) is 5.11 Å². The predicted octanol–water partition coefficient (Wildman–Crippen LogP) is 1.86. The van der Waals surface area contributed by atoms with E-state index >= 15 is 0 Å². The summed E-state index contributed by atoms with van der Waals surface area (Å²) in [6.07, 6.45) is 2.20. The first-order chi connectivity index (χ1) is 8.15. The minimum absolute atomic E-state index is 0.0681. The molecule has 5 heteroatoms. The van der Waals surface area contributed by atoms with E-state index in [9.17, 15) is 10.1 Å². The van der Waals surface area contributed by atoms with Crippen molar-refractivity contribution >= 4 is 11.4 Å². The number of benzene rings is 1. The van der Waals surface area contributed by atoms with Gasteiger partial charge in [-0.2, -0.15) is 0 Å². The van der Waals surface area contributed by atoms with Gasteiger partial charge in [0.15, 0.2) is 0 Å². The molecule has 0 radical (unpaired) electrons. The third-order valence-corrected chi connectivity index (χ3v) is 3.11. The Hall–Kier alpha value is -1.62. The third kappa shape index (κ3) is 2.39. The number of hydrogen-bond acceptors (Lipinski definition) is 4. The molecule has 0 bridgehead atoms. The molecular formula is C12H16N2O3. The van der Waals surface area contributed by atoms with E-state index in [2.05, 4.69) is 4.90 Å². The molecular weight excluding hydrogens is 220 g/mol. The lowest BCUT2D eigenvalue weighted by molar-refractivity contribution is -0.385. The highest BCUT2D eigenvalue weighted by Gasteiger charge is 2.30. The molecule has 1 aliphatic rings. The Morgan fingerprint density at radius 2 is 2.24 bits per heavy atom. The van der Waals surface area contributed by atoms with Crippen LogP contribution in [0.25, 0.3) is 0 Å². The number of anilines is 1. The van der Waals surface area contributed by atoms with Crippen LogP contribution < -0.4 is 4.90 Å². The Bertz CT molecular complexity index is 430. The lowest BCUT2D eigenvalue weighted by Gasteiger charge is -2.25. The van der Waals surface area contributed by atoms with Crippen LogP contribution in [0.1, 0.15) is 18.4 Å². The van der Waals surface area contributed by atoms with Crippen LogP contribution in [-0.4, -0.2) is 29.2 Å². The fourth-order valence-corrected chi connectivity index (χ4v) is 2.11. The van der Waals surface area contributed by atoms with Gasteiger partial charge in [0.1, 0.15) is 0 Å². The maximum absolute atomic E-state index is 10.9. The van der Waals surface area contributed by atoms with Crippen LogP contribution in [0.5, 0.6) is 0 Å². The van der Waals surface area contributed by atoms with E-state index in [1.807, 2.05) is 6.07 Å². The zero-order chi connectivity index (χ0) is 12.4. The van der Waals surface area contributed by atoms with Crippen LogP contribution in [0.15, 0.2) is 18.2 Å². The standard InChI is InChI=1S/C12H16N2O3/c1-9-11(3-2-4-12(9)14(16)17)13(7-8-15)10-5-6-10/h2-4,10,15H,5-8H2,1H3. The highest BCUT2D eigenvalue weighted by molar-refractivity contribution is 5.62. The first-order valence-corrected chi connectivity index (χ1v) is 5.76. The molecule has 2 rings (SSSR count). The second kappa shape index (κ2) is 4.71. The molecule has 0 saturated heterocycles. The van der Waals surface area contributed by atoms with Gasteiger partial charge < -0.3 is 10.0 Å². The van der Waals surface area contributed by atoms with Gasteiger partial charge in [-0.1, -0.05) is 6.07 Å². The van der Waals surface area contributed by atoms with E-state index in [0.717, 1.165) is 18.5 Å². The molecule has 1 aliphatic carbocycles. The maximum Gasteiger partial charge on any atom is 0.274 e. The Kier molecular flexibility index (Phi) is 3.28. The fourth-order valence-electron chi connectivity index (χ4n) is 2.11. The van der Waals surface area contributed by atoms with Gasteiger partial charge in [0.2, 0.25) is 0 Å². The Morgan fingerprint density at radius 1 is 1.53 bits per heavy atom. The average Bonchev–Trinajstić information content (AvgIpc) is 3.10. The molecule has 0 heterocycles. The molecule has 92 valence electrons. The molecule has 1 N–H and O–H groups in total. The summed E-state index contributed by atoms with van der Waals surface area (Å²) < 4.78 is 0. The Balaban J connectivity index is 2.35. The summed E-state index contributed by atoms with van der Waals surface area (Å²) in [5, 5.41) is 19.9. The topological polar surface area (TPSA) is 66.6 Å². The highest BCUT2D eigenvalue weighted by atomic mass is 16.6. The van der Waals surface area contributed by atoms with Crippen molar-refractivity contribution in [2.24, 2.45) is 0 Å². The van der Waals surface area contributed by atoms with E-state index < -0.39 is 0 Å². The first kappa shape index (κ1) is 11.9. The normalized spacial score (nSPS) is 14.7. The van der Waals surface area contributed by atoms with Gasteiger partial charge in [-0.25, -0.2) is 0 Å². The number of rotatable bonds is 5.